The fourth-order valence-electron chi connectivity index (χ4n) is 3.96. The molecule has 4 aromatic rings. The van der Waals surface area contributed by atoms with Gasteiger partial charge < -0.3 is 14.2 Å². The van der Waals surface area contributed by atoms with E-state index in [4.69, 9.17) is 9.72 Å². The van der Waals surface area contributed by atoms with Gasteiger partial charge in [0.05, 0.1) is 29.0 Å². The van der Waals surface area contributed by atoms with Crippen LogP contribution in [0.5, 0.6) is 0 Å². The Balaban J connectivity index is 1.44. The van der Waals surface area contributed by atoms with Crippen LogP contribution >= 0.6 is 0 Å². The van der Waals surface area contributed by atoms with Gasteiger partial charge in [-0.3, -0.25) is 14.6 Å². The van der Waals surface area contributed by atoms with Gasteiger partial charge in [0.15, 0.2) is 0 Å². The van der Waals surface area contributed by atoms with Crippen molar-refractivity contribution in [3.63, 3.8) is 0 Å². The minimum absolute atomic E-state index is 0.0326. The van der Waals surface area contributed by atoms with Crippen LogP contribution in [-0.2, 0) is 11.8 Å². The van der Waals surface area contributed by atoms with Crippen molar-refractivity contribution >= 4 is 27.7 Å². The highest BCUT2D eigenvalue weighted by molar-refractivity contribution is 5.97. The normalized spacial score (nSPS) is 15.6. The van der Waals surface area contributed by atoms with E-state index in [9.17, 15) is 9.59 Å². The molecule has 0 unspecified atom stereocenters. The summed E-state index contributed by atoms with van der Waals surface area (Å²) in [6.07, 6.45) is 5.67. The average molecular weight is 428 g/mol. The maximum absolute atomic E-state index is 12.9. The molecule has 3 heterocycles. The summed E-state index contributed by atoms with van der Waals surface area (Å²) in [4.78, 5) is 36.2. The van der Waals surface area contributed by atoms with E-state index in [-0.39, 0.29) is 17.6 Å². The van der Waals surface area contributed by atoms with Crippen molar-refractivity contribution in [1.29, 1.82) is 0 Å². The van der Waals surface area contributed by atoms with Gasteiger partial charge in [0.2, 0.25) is 0 Å². The molecule has 0 saturated carbocycles. The number of aryl methyl sites for hydroxylation is 1. The third kappa shape index (κ3) is 3.76. The zero-order valence-electron chi connectivity index (χ0n) is 18.1. The first-order valence-corrected chi connectivity index (χ1v) is 10.7. The molecule has 2 aromatic heterocycles. The Morgan fingerprint density at radius 1 is 1.19 bits per heavy atom. The first kappa shape index (κ1) is 20.3. The van der Waals surface area contributed by atoms with Gasteiger partial charge in [-0.05, 0) is 54.6 Å². The molecule has 0 N–H and O–H groups in total. The number of hydrogen-bond acceptors (Lipinski definition) is 5. The molecule has 1 aliphatic rings. The summed E-state index contributed by atoms with van der Waals surface area (Å²) in [5, 5.41) is 1.52. The average Bonchev–Trinajstić information content (AvgIpc) is 2.79. The van der Waals surface area contributed by atoms with Crippen molar-refractivity contribution in [2.24, 2.45) is 7.05 Å². The highest BCUT2D eigenvalue weighted by Gasteiger charge is 2.20. The number of carbonyl (C=O) groups is 1. The number of rotatable bonds is 5. The molecular formula is C25H24N4O3. The number of carbonyl (C=O) groups excluding carboxylic acids is 1. The molecule has 7 heteroatoms. The van der Waals surface area contributed by atoms with Crippen LogP contribution in [0, 0.1) is 0 Å². The first-order valence-electron chi connectivity index (χ1n) is 10.7. The summed E-state index contributed by atoms with van der Waals surface area (Å²) in [7, 11) is 3.55. The SMILES string of the molecule is CN(CC[C@H]1CCO1)C(=O)c1ccc2ncc(-c3ccc4c(=O)n(C)ccc4c3)nc2c1. The Morgan fingerprint density at radius 2 is 2.03 bits per heavy atom. The molecule has 1 amide bonds. The zero-order chi connectivity index (χ0) is 22.2. The maximum Gasteiger partial charge on any atom is 0.258 e. The lowest BCUT2D eigenvalue weighted by Crippen LogP contribution is -2.34. The molecular weight excluding hydrogens is 404 g/mol. The summed E-state index contributed by atoms with van der Waals surface area (Å²) in [5.41, 5.74) is 3.51. The van der Waals surface area contributed by atoms with Crippen LogP contribution in [0.2, 0.25) is 0 Å². The van der Waals surface area contributed by atoms with Crippen LogP contribution in [-0.4, -0.2) is 51.6 Å². The summed E-state index contributed by atoms with van der Waals surface area (Å²) >= 11 is 0. The zero-order valence-corrected chi connectivity index (χ0v) is 18.1. The van der Waals surface area contributed by atoms with Gasteiger partial charge in [0.1, 0.15) is 0 Å². The number of pyridine rings is 1. The first-order chi connectivity index (χ1) is 15.5. The van der Waals surface area contributed by atoms with E-state index in [1.54, 1.807) is 41.0 Å². The summed E-state index contributed by atoms with van der Waals surface area (Å²) in [6.45, 7) is 1.48. The number of hydrogen-bond donors (Lipinski definition) is 0. The van der Waals surface area contributed by atoms with Crippen molar-refractivity contribution in [3.05, 3.63) is 70.8 Å². The molecule has 0 radical (unpaired) electrons. The Morgan fingerprint density at radius 3 is 2.81 bits per heavy atom. The third-order valence-electron chi connectivity index (χ3n) is 6.09. The second-order valence-corrected chi connectivity index (χ2v) is 8.29. The number of benzene rings is 2. The second kappa shape index (κ2) is 8.16. The molecule has 7 nitrogen and oxygen atoms in total. The van der Waals surface area contributed by atoms with E-state index >= 15 is 0 Å². The van der Waals surface area contributed by atoms with E-state index in [1.165, 1.54) is 0 Å². The van der Waals surface area contributed by atoms with E-state index < -0.39 is 0 Å². The molecule has 1 fully saturated rings. The van der Waals surface area contributed by atoms with Gasteiger partial charge in [0, 0.05) is 50.0 Å². The maximum atomic E-state index is 12.9. The lowest BCUT2D eigenvalue weighted by Gasteiger charge is -2.28. The minimum Gasteiger partial charge on any atom is -0.378 e. The molecule has 5 rings (SSSR count). The van der Waals surface area contributed by atoms with E-state index in [2.05, 4.69) is 4.98 Å². The highest BCUT2D eigenvalue weighted by atomic mass is 16.5. The Bertz CT molecular complexity index is 1390. The van der Waals surface area contributed by atoms with Crippen molar-refractivity contribution in [1.82, 2.24) is 19.4 Å². The van der Waals surface area contributed by atoms with Crippen molar-refractivity contribution < 1.29 is 9.53 Å². The van der Waals surface area contributed by atoms with E-state index in [1.807, 2.05) is 37.4 Å². The van der Waals surface area contributed by atoms with Crippen molar-refractivity contribution in [2.45, 2.75) is 18.9 Å². The smallest absolute Gasteiger partial charge is 0.258 e. The van der Waals surface area contributed by atoms with Gasteiger partial charge in [-0.1, -0.05) is 6.07 Å². The molecule has 1 atom stereocenters. The number of nitrogens with zero attached hydrogens (tertiary/aromatic N) is 4. The van der Waals surface area contributed by atoms with Crippen LogP contribution in [0.3, 0.4) is 0 Å². The van der Waals surface area contributed by atoms with E-state index in [0.717, 1.165) is 35.9 Å². The summed E-state index contributed by atoms with van der Waals surface area (Å²) < 4.78 is 7.01. The summed E-state index contributed by atoms with van der Waals surface area (Å²) in [5.74, 6) is -0.0417. The highest BCUT2D eigenvalue weighted by Crippen LogP contribution is 2.24. The van der Waals surface area contributed by atoms with E-state index in [0.29, 0.717) is 28.7 Å². The standard InChI is InChI=1S/C25H24N4O3/c1-28(11-8-19-9-12-32-19)24(30)18-4-6-21-22(14-18)27-23(15-26-21)17-3-5-20-16(13-17)7-10-29(2)25(20)31/h3-7,10,13-15,19H,8-9,11-12H2,1-2H3/t19-/m0/s1. The molecule has 1 saturated heterocycles. The van der Waals surface area contributed by atoms with Crippen LogP contribution in [0.15, 0.2) is 59.7 Å². The number of ether oxygens (including phenoxy) is 1. The van der Waals surface area contributed by atoms with Crippen LogP contribution in [0.4, 0.5) is 0 Å². The number of fused-ring (bicyclic) bond motifs is 2. The molecule has 2 aromatic carbocycles. The summed E-state index contributed by atoms with van der Waals surface area (Å²) in [6, 6.07) is 13.0. The topological polar surface area (TPSA) is 77.3 Å². The fourth-order valence-corrected chi connectivity index (χ4v) is 3.96. The minimum atomic E-state index is -0.0417. The molecule has 32 heavy (non-hydrogen) atoms. The Labute approximate surface area is 185 Å². The van der Waals surface area contributed by atoms with Crippen LogP contribution in [0.25, 0.3) is 33.1 Å². The second-order valence-electron chi connectivity index (χ2n) is 8.29. The Hall–Kier alpha value is -3.58. The van der Waals surface area contributed by atoms with Crippen LogP contribution < -0.4 is 5.56 Å². The largest absolute Gasteiger partial charge is 0.378 e. The van der Waals surface area contributed by atoms with Crippen molar-refractivity contribution in [2.75, 3.05) is 20.2 Å². The number of aromatic nitrogens is 3. The van der Waals surface area contributed by atoms with Gasteiger partial charge in [0.25, 0.3) is 11.5 Å². The lowest BCUT2D eigenvalue weighted by atomic mass is 10.1. The van der Waals surface area contributed by atoms with Crippen molar-refractivity contribution in [3.8, 4) is 11.3 Å². The molecule has 0 spiro atoms. The Kier molecular flexibility index (Phi) is 5.19. The quantitative estimate of drug-likeness (QED) is 0.487. The third-order valence-corrected chi connectivity index (χ3v) is 6.09. The van der Waals surface area contributed by atoms with Gasteiger partial charge in [-0.2, -0.15) is 0 Å². The van der Waals surface area contributed by atoms with Gasteiger partial charge >= 0.3 is 0 Å². The van der Waals surface area contributed by atoms with Gasteiger partial charge in [-0.25, -0.2) is 4.98 Å². The molecule has 0 bridgehead atoms. The number of amides is 1. The predicted octanol–water partition coefficient (Wildman–Crippen LogP) is 3.40. The molecule has 1 aliphatic heterocycles. The lowest BCUT2D eigenvalue weighted by molar-refractivity contribution is -0.0566. The van der Waals surface area contributed by atoms with Crippen LogP contribution in [0.1, 0.15) is 23.2 Å². The molecule has 162 valence electrons. The monoisotopic (exact) mass is 428 g/mol. The predicted molar refractivity (Wildman–Crippen MR) is 124 cm³/mol. The van der Waals surface area contributed by atoms with Gasteiger partial charge in [-0.15, -0.1) is 0 Å². The fraction of sp³-hybridized carbons (Fsp3) is 0.280. The molecule has 0 aliphatic carbocycles.